The van der Waals surface area contributed by atoms with Crippen LogP contribution in [0.4, 0.5) is 0 Å². The first-order valence-electron chi connectivity index (χ1n) is 10.0. The Kier molecular flexibility index (Phi) is 8.60. The van der Waals surface area contributed by atoms with Crippen LogP contribution in [0.2, 0.25) is 0 Å². The molecule has 1 aliphatic heterocycles. The third-order valence-electron chi connectivity index (χ3n) is 4.72. The van der Waals surface area contributed by atoms with E-state index in [1.807, 2.05) is 25.1 Å². The Morgan fingerprint density at radius 2 is 2.11 bits per heavy atom. The largest absolute Gasteiger partial charge is 0.491 e. The molecule has 3 N–H and O–H groups in total. The van der Waals surface area contributed by atoms with Crippen LogP contribution in [0.25, 0.3) is 0 Å². The molecule has 1 aromatic heterocycles. The zero-order valence-electron chi connectivity index (χ0n) is 16.6. The first kappa shape index (κ1) is 21.1. The Morgan fingerprint density at radius 3 is 2.89 bits per heavy atom. The van der Waals surface area contributed by atoms with Crippen LogP contribution in [-0.4, -0.2) is 69.8 Å². The third-order valence-corrected chi connectivity index (χ3v) is 5.57. The molecule has 8 heteroatoms. The van der Waals surface area contributed by atoms with E-state index in [9.17, 15) is 5.11 Å². The van der Waals surface area contributed by atoms with Gasteiger partial charge in [0.1, 0.15) is 24.3 Å². The first-order valence-corrected chi connectivity index (χ1v) is 11.0. The average Bonchev–Trinajstić information content (AvgIpc) is 3.13. The molecule has 3 rings (SSSR count). The molecular formula is C20H31N5O2S. The van der Waals surface area contributed by atoms with E-state index in [2.05, 4.69) is 31.5 Å². The highest BCUT2D eigenvalue weighted by molar-refractivity contribution is 7.99. The number of likely N-dealkylation sites (tertiary alicyclic amines) is 1. The van der Waals surface area contributed by atoms with E-state index in [0.717, 1.165) is 54.2 Å². The number of hydrogen-bond donors (Lipinski definition) is 3. The number of rotatable bonds is 11. The van der Waals surface area contributed by atoms with Crippen molar-refractivity contribution in [3.8, 4) is 5.75 Å². The van der Waals surface area contributed by atoms with Crippen molar-refractivity contribution in [3.05, 3.63) is 35.7 Å². The summed E-state index contributed by atoms with van der Waals surface area (Å²) in [6.45, 7) is 6.67. The molecular weight excluding hydrogens is 374 g/mol. The fourth-order valence-electron chi connectivity index (χ4n) is 3.29. The lowest BCUT2D eigenvalue weighted by Crippen LogP contribution is -2.38. The minimum absolute atomic E-state index is 0.327. The molecule has 2 aromatic rings. The second-order valence-electron chi connectivity index (χ2n) is 7.16. The topological polar surface area (TPSA) is 86.3 Å². The van der Waals surface area contributed by atoms with Crippen LogP contribution in [0.15, 0.2) is 29.4 Å². The number of nitrogens with one attached hydrogen (secondary N) is 2. The van der Waals surface area contributed by atoms with E-state index in [0.29, 0.717) is 13.2 Å². The monoisotopic (exact) mass is 405 g/mol. The van der Waals surface area contributed by atoms with Crippen molar-refractivity contribution in [3.63, 3.8) is 0 Å². The van der Waals surface area contributed by atoms with Gasteiger partial charge in [-0.1, -0.05) is 36.4 Å². The number of aromatic nitrogens is 3. The van der Waals surface area contributed by atoms with Gasteiger partial charge in [-0.15, -0.1) is 5.10 Å². The molecule has 154 valence electrons. The Bertz CT molecular complexity index is 705. The zero-order valence-corrected chi connectivity index (χ0v) is 17.4. The molecule has 1 atom stereocenters. The number of thioether (sulfide) groups is 1. The fourth-order valence-corrected chi connectivity index (χ4v) is 4.03. The summed E-state index contributed by atoms with van der Waals surface area (Å²) < 4.78 is 5.92. The molecule has 0 radical (unpaired) electrons. The number of aliphatic hydroxyl groups excluding tert-OH is 1. The second kappa shape index (κ2) is 11.4. The highest BCUT2D eigenvalue weighted by Gasteiger charge is 2.15. The molecule has 1 unspecified atom stereocenters. The van der Waals surface area contributed by atoms with Crippen LogP contribution in [0.5, 0.6) is 5.75 Å². The van der Waals surface area contributed by atoms with E-state index in [1.165, 1.54) is 19.3 Å². The highest BCUT2D eigenvalue weighted by atomic mass is 32.2. The number of para-hydroxylation sites is 1. The van der Waals surface area contributed by atoms with Crippen molar-refractivity contribution in [1.82, 2.24) is 25.4 Å². The van der Waals surface area contributed by atoms with Gasteiger partial charge in [0.25, 0.3) is 0 Å². The SMILES string of the molecule is Cc1nc(SCCNCc2ccccc2OCC(O)CN2CCCCC2)n[nH]1. The lowest BCUT2D eigenvalue weighted by Gasteiger charge is -2.28. The lowest BCUT2D eigenvalue weighted by molar-refractivity contribution is 0.0614. The molecule has 28 heavy (non-hydrogen) atoms. The van der Waals surface area contributed by atoms with Crippen LogP contribution in [0.1, 0.15) is 30.7 Å². The lowest BCUT2D eigenvalue weighted by atomic mass is 10.1. The molecule has 1 saturated heterocycles. The number of nitrogens with zero attached hydrogens (tertiary/aromatic N) is 3. The second-order valence-corrected chi connectivity index (χ2v) is 8.22. The van der Waals surface area contributed by atoms with Crippen molar-refractivity contribution in [2.45, 2.75) is 44.0 Å². The summed E-state index contributed by atoms with van der Waals surface area (Å²) in [6.07, 6.45) is 3.31. The van der Waals surface area contributed by atoms with Crippen molar-refractivity contribution in [2.24, 2.45) is 0 Å². The summed E-state index contributed by atoms with van der Waals surface area (Å²) in [5.74, 6) is 2.57. The molecule has 2 heterocycles. The number of piperidine rings is 1. The summed E-state index contributed by atoms with van der Waals surface area (Å²) in [7, 11) is 0. The zero-order chi connectivity index (χ0) is 19.6. The number of β-amino-alcohol motifs (C(OH)–C–C–N with tert-alkyl or cyclic N) is 1. The van der Waals surface area contributed by atoms with Gasteiger partial charge in [-0.25, -0.2) is 4.98 Å². The van der Waals surface area contributed by atoms with Gasteiger partial charge in [0.15, 0.2) is 0 Å². The molecule has 0 aliphatic carbocycles. The molecule has 0 saturated carbocycles. The van der Waals surface area contributed by atoms with Gasteiger partial charge in [-0.05, 0) is 38.9 Å². The van der Waals surface area contributed by atoms with E-state index in [4.69, 9.17) is 4.74 Å². The summed E-state index contributed by atoms with van der Waals surface area (Å²) in [5, 5.41) is 21.5. The number of hydrogen-bond acceptors (Lipinski definition) is 7. The molecule has 0 bridgehead atoms. The predicted octanol–water partition coefficient (Wildman–Crippen LogP) is 2.22. The smallest absolute Gasteiger partial charge is 0.208 e. The Balaban J connectivity index is 1.37. The normalized spacial score (nSPS) is 16.2. The molecule has 1 aliphatic rings. The van der Waals surface area contributed by atoms with Crippen molar-refractivity contribution in [2.75, 3.05) is 38.5 Å². The maximum atomic E-state index is 10.3. The highest BCUT2D eigenvalue weighted by Crippen LogP contribution is 2.18. The summed E-state index contributed by atoms with van der Waals surface area (Å²) >= 11 is 1.63. The van der Waals surface area contributed by atoms with Crippen LogP contribution in [0.3, 0.4) is 0 Å². The number of aryl methyl sites for hydroxylation is 1. The Labute approximate surface area is 171 Å². The molecule has 0 amide bonds. The van der Waals surface area contributed by atoms with E-state index in [-0.39, 0.29) is 0 Å². The van der Waals surface area contributed by atoms with Gasteiger partial charge < -0.3 is 20.1 Å². The Morgan fingerprint density at radius 1 is 1.29 bits per heavy atom. The molecule has 0 spiro atoms. The molecule has 1 aromatic carbocycles. The van der Waals surface area contributed by atoms with Crippen LogP contribution < -0.4 is 10.1 Å². The van der Waals surface area contributed by atoms with Crippen molar-refractivity contribution >= 4 is 11.8 Å². The van der Waals surface area contributed by atoms with Gasteiger partial charge in [0.05, 0.1) is 0 Å². The van der Waals surface area contributed by atoms with Gasteiger partial charge in [0, 0.05) is 31.0 Å². The predicted molar refractivity (Wildman–Crippen MR) is 112 cm³/mol. The van der Waals surface area contributed by atoms with Crippen molar-refractivity contribution < 1.29 is 9.84 Å². The van der Waals surface area contributed by atoms with Gasteiger partial charge in [0.2, 0.25) is 5.16 Å². The standard InChI is InChI=1S/C20H31N5O2S/c1-16-22-20(24-23-16)28-12-9-21-13-17-7-3-4-8-19(17)27-15-18(26)14-25-10-5-2-6-11-25/h3-4,7-8,18,21,26H,2,5-6,9-15H2,1H3,(H,22,23,24). The van der Waals surface area contributed by atoms with Gasteiger partial charge in [-0.2, -0.15) is 0 Å². The van der Waals surface area contributed by atoms with E-state index in [1.54, 1.807) is 11.8 Å². The molecule has 1 fully saturated rings. The maximum absolute atomic E-state index is 10.3. The van der Waals surface area contributed by atoms with Crippen LogP contribution in [0, 0.1) is 6.92 Å². The number of aliphatic hydroxyl groups is 1. The minimum Gasteiger partial charge on any atom is -0.491 e. The fraction of sp³-hybridized carbons (Fsp3) is 0.600. The minimum atomic E-state index is -0.458. The van der Waals surface area contributed by atoms with Gasteiger partial charge in [-0.3, -0.25) is 5.10 Å². The van der Waals surface area contributed by atoms with Crippen LogP contribution >= 0.6 is 11.8 Å². The summed E-state index contributed by atoms with van der Waals surface area (Å²) in [6, 6.07) is 8.01. The maximum Gasteiger partial charge on any atom is 0.208 e. The van der Waals surface area contributed by atoms with Gasteiger partial charge >= 0.3 is 0 Å². The summed E-state index contributed by atoms with van der Waals surface area (Å²) in [5.41, 5.74) is 1.10. The van der Waals surface area contributed by atoms with Crippen LogP contribution in [-0.2, 0) is 6.54 Å². The first-order chi connectivity index (χ1) is 13.7. The molecule has 7 nitrogen and oxygen atoms in total. The third kappa shape index (κ3) is 7.09. The number of benzene rings is 1. The summed E-state index contributed by atoms with van der Waals surface area (Å²) in [4.78, 5) is 6.62. The Hall–Kier alpha value is -1.61. The number of aromatic amines is 1. The van der Waals surface area contributed by atoms with E-state index < -0.39 is 6.10 Å². The van der Waals surface area contributed by atoms with E-state index >= 15 is 0 Å². The quantitative estimate of drug-likeness (QED) is 0.390. The number of H-pyrrole nitrogens is 1. The number of ether oxygens (including phenoxy) is 1. The average molecular weight is 406 g/mol. The van der Waals surface area contributed by atoms with Crippen molar-refractivity contribution in [1.29, 1.82) is 0 Å².